The topological polar surface area (TPSA) is 75.4 Å². The lowest BCUT2D eigenvalue weighted by molar-refractivity contribution is 0.120. The number of piperidine rings is 1. The lowest BCUT2D eigenvalue weighted by Gasteiger charge is -2.36. The smallest absolute Gasteiger partial charge is 0.227 e. The van der Waals surface area contributed by atoms with E-state index < -0.39 is 9.84 Å². The van der Waals surface area contributed by atoms with Crippen molar-refractivity contribution in [2.24, 2.45) is 5.92 Å². The molecule has 1 N–H and O–H groups in total. The van der Waals surface area contributed by atoms with Gasteiger partial charge in [0.25, 0.3) is 0 Å². The van der Waals surface area contributed by atoms with Gasteiger partial charge in [0, 0.05) is 25.7 Å². The summed E-state index contributed by atoms with van der Waals surface area (Å²) >= 11 is 0. The Hall–Kier alpha value is -0.920. The highest BCUT2D eigenvalue weighted by Crippen LogP contribution is 2.25. The van der Waals surface area contributed by atoms with Gasteiger partial charge >= 0.3 is 0 Å². The molecule has 0 aliphatic carbocycles. The molecule has 1 aliphatic rings. The summed E-state index contributed by atoms with van der Waals surface area (Å²) in [5, 5.41) is 9.47. The summed E-state index contributed by atoms with van der Waals surface area (Å²) < 4.78 is 27.9. The van der Waals surface area contributed by atoms with Crippen molar-refractivity contribution >= 4 is 9.84 Å². The SMILES string of the molecule is CCCCn1c(CN2CCCC[C@H]2CCCO)cnc1S(=O)(=O)CCCC(C)C. The monoisotopic (exact) mass is 427 g/mol. The average Bonchev–Trinajstić information content (AvgIpc) is 3.08. The summed E-state index contributed by atoms with van der Waals surface area (Å²) in [7, 11) is -3.36. The molecule has 0 bridgehead atoms. The summed E-state index contributed by atoms with van der Waals surface area (Å²) in [5.74, 6) is 0.687. The number of hydrogen-bond acceptors (Lipinski definition) is 5. The van der Waals surface area contributed by atoms with Crippen LogP contribution in [0.1, 0.15) is 84.3 Å². The van der Waals surface area contributed by atoms with E-state index in [0.717, 1.165) is 57.3 Å². The molecule has 0 radical (unpaired) electrons. The Bertz CT molecular complexity index is 700. The van der Waals surface area contributed by atoms with E-state index >= 15 is 0 Å². The normalized spacial score (nSPS) is 18.6. The van der Waals surface area contributed by atoms with E-state index in [-0.39, 0.29) is 17.5 Å². The summed E-state index contributed by atoms with van der Waals surface area (Å²) in [6.07, 6.45) is 10.8. The minimum absolute atomic E-state index is 0.177. The molecule has 0 aromatic carbocycles. The maximum Gasteiger partial charge on any atom is 0.227 e. The van der Waals surface area contributed by atoms with Crippen LogP contribution < -0.4 is 0 Å². The summed E-state index contributed by atoms with van der Waals surface area (Å²) in [5.41, 5.74) is 1.01. The second-order valence-corrected chi connectivity index (χ2v) is 10.9. The summed E-state index contributed by atoms with van der Waals surface area (Å²) in [4.78, 5) is 6.87. The van der Waals surface area contributed by atoms with Crippen molar-refractivity contribution in [3.63, 3.8) is 0 Å². The van der Waals surface area contributed by atoms with Crippen LogP contribution in [-0.2, 0) is 22.9 Å². The second kappa shape index (κ2) is 12.1. The zero-order valence-corrected chi connectivity index (χ0v) is 19.5. The first-order chi connectivity index (χ1) is 13.9. The van der Waals surface area contributed by atoms with Crippen LogP contribution in [0.3, 0.4) is 0 Å². The molecule has 1 atom stereocenters. The van der Waals surface area contributed by atoms with Crippen LogP contribution in [0.2, 0.25) is 0 Å². The summed E-state index contributed by atoms with van der Waals surface area (Å²) in [6.45, 7) is 9.09. The first kappa shape index (κ1) is 24.4. The lowest BCUT2D eigenvalue weighted by atomic mass is 9.98. The molecule has 168 valence electrons. The Kier molecular flexibility index (Phi) is 10.1. The highest BCUT2D eigenvalue weighted by Gasteiger charge is 2.27. The fourth-order valence-corrected chi connectivity index (χ4v) is 5.71. The van der Waals surface area contributed by atoms with Crippen molar-refractivity contribution < 1.29 is 13.5 Å². The third-order valence-corrected chi connectivity index (χ3v) is 7.63. The van der Waals surface area contributed by atoms with Crippen LogP contribution in [0.5, 0.6) is 0 Å². The van der Waals surface area contributed by atoms with Crippen molar-refractivity contribution in [1.29, 1.82) is 0 Å². The molecule has 1 saturated heterocycles. The molecule has 1 fully saturated rings. The zero-order chi connectivity index (χ0) is 21.3. The van der Waals surface area contributed by atoms with Crippen molar-refractivity contribution in [2.45, 2.75) is 103 Å². The van der Waals surface area contributed by atoms with E-state index in [1.165, 1.54) is 12.8 Å². The highest BCUT2D eigenvalue weighted by molar-refractivity contribution is 7.91. The number of rotatable bonds is 13. The third kappa shape index (κ3) is 7.37. The number of aliphatic hydroxyl groups excluding tert-OH is 1. The fraction of sp³-hybridized carbons (Fsp3) is 0.864. The van der Waals surface area contributed by atoms with Gasteiger partial charge in [-0.05, 0) is 57.4 Å². The van der Waals surface area contributed by atoms with Gasteiger partial charge in [-0.15, -0.1) is 0 Å². The average molecular weight is 428 g/mol. The van der Waals surface area contributed by atoms with Gasteiger partial charge in [-0.25, -0.2) is 13.4 Å². The van der Waals surface area contributed by atoms with Crippen LogP contribution in [0, 0.1) is 5.92 Å². The van der Waals surface area contributed by atoms with Crippen LogP contribution in [0.4, 0.5) is 0 Å². The van der Waals surface area contributed by atoms with E-state index in [0.29, 0.717) is 24.9 Å². The maximum absolute atomic E-state index is 13.0. The maximum atomic E-state index is 13.0. The highest BCUT2D eigenvalue weighted by atomic mass is 32.2. The molecule has 29 heavy (non-hydrogen) atoms. The van der Waals surface area contributed by atoms with Crippen LogP contribution in [-0.4, -0.2) is 52.9 Å². The van der Waals surface area contributed by atoms with Gasteiger partial charge in [-0.1, -0.05) is 33.6 Å². The zero-order valence-electron chi connectivity index (χ0n) is 18.6. The van der Waals surface area contributed by atoms with Crippen LogP contribution in [0.25, 0.3) is 0 Å². The summed E-state index contributed by atoms with van der Waals surface area (Å²) in [6, 6.07) is 0.469. The van der Waals surface area contributed by atoms with Gasteiger partial charge in [0.1, 0.15) is 0 Å². The Morgan fingerprint density at radius 1 is 1.24 bits per heavy atom. The largest absolute Gasteiger partial charge is 0.396 e. The quantitative estimate of drug-likeness (QED) is 0.514. The standard InChI is InChI=1S/C22H41N3O3S/c1-4-5-14-25-21(18-24-13-7-6-11-20(24)12-8-15-26)17-23-22(25)29(27,28)16-9-10-19(2)3/h17,19-20,26H,4-16,18H2,1-3H3/t20-/m0/s1. The minimum Gasteiger partial charge on any atom is -0.396 e. The molecule has 6 nitrogen and oxygen atoms in total. The molecule has 0 saturated carbocycles. The Morgan fingerprint density at radius 2 is 2.03 bits per heavy atom. The lowest BCUT2D eigenvalue weighted by Crippen LogP contribution is -2.39. The number of likely N-dealkylation sites (tertiary alicyclic amines) is 1. The fourth-order valence-electron chi connectivity index (χ4n) is 4.22. The predicted molar refractivity (Wildman–Crippen MR) is 118 cm³/mol. The van der Waals surface area contributed by atoms with Crippen LogP contribution >= 0.6 is 0 Å². The van der Waals surface area contributed by atoms with Gasteiger partial charge in [-0.3, -0.25) is 4.90 Å². The van der Waals surface area contributed by atoms with Crippen LogP contribution in [0.15, 0.2) is 11.4 Å². The Morgan fingerprint density at radius 3 is 2.72 bits per heavy atom. The number of aromatic nitrogens is 2. The van der Waals surface area contributed by atoms with Gasteiger partial charge in [0.2, 0.25) is 15.0 Å². The number of aliphatic hydroxyl groups is 1. The third-order valence-electron chi connectivity index (χ3n) is 5.92. The molecule has 2 heterocycles. The molecule has 0 spiro atoms. The molecule has 0 amide bonds. The van der Waals surface area contributed by atoms with Gasteiger partial charge in [-0.2, -0.15) is 0 Å². The first-order valence-electron chi connectivity index (χ1n) is 11.5. The van der Waals surface area contributed by atoms with E-state index in [4.69, 9.17) is 0 Å². The van der Waals surface area contributed by atoms with Crippen molar-refractivity contribution in [3.05, 3.63) is 11.9 Å². The van der Waals surface area contributed by atoms with Gasteiger partial charge in [0.05, 0.1) is 17.6 Å². The molecule has 1 aromatic heterocycles. The molecular formula is C22H41N3O3S. The van der Waals surface area contributed by atoms with E-state index in [1.54, 1.807) is 6.20 Å². The number of imidazole rings is 1. The molecule has 1 aliphatic heterocycles. The number of sulfone groups is 1. The van der Waals surface area contributed by atoms with Crippen molar-refractivity contribution in [2.75, 3.05) is 18.9 Å². The molecule has 7 heteroatoms. The van der Waals surface area contributed by atoms with Crippen molar-refractivity contribution in [3.8, 4) is 0 Å². The number of nitrogens with zero attached hydrogens (tertiary/aromatic N) is 3. The van der Waals surface area contributed by atoms with E-state index in [9.17, 15) is 13.5 Å². The van der Waals surface area contributed by atoms with Gasteiger partial charge < -0.3 is 9.67 Å². The number of hydrogen-bond donors (Lipinski definition) is 1. The van der Waals surface area contributed by atoms with E-state index in [2.05, 4.69) is 30.7 Å². The Balaban J connectivity index is 2.18. The Labute approximate surface area is 177 Å². The molecular weight excluding hydrogens is 386 g/mol. The molecule has 1 aromatic rings. The predicted octanol–water partition coefficient (Wildman–Crippen LogP) is 4.02. The van der Waals surface area contributed by atoms with Crippen molar-refractivity contribution in [1.82, 2.24) is 14.5 Å². The molecule has 2 rings (SSSR count). The second-order valence-electron chi connectivity index (χ2n) is 8.88. The minimum atomic E-state index is -3.36. The van der Waals surface area contributed by atoms with Gasteiger partial charge in [0.15, 0.2) is 0 Å². The molecule has 0 unspecified atom stereocenters. The number of unbranched alkanes of at least 4 members (excludes halogenated alkanes) is 1. The van der Waals surface area contributed by atoms with E-state index in [1.807, 2.05) is 4.57 Å². The first-order valence-corrected chi connectivity index (χ1v) is 13.2.